The number of hydrogen-bond donors (Lipinski definition) is 0. The van der Waals surface area contributed by atoms with E-state index in [0.717, 1.165) is 45.7 Å². The Kier molecular flexibility index (Phi) is 6.41. The Bertz CT molecular complexity index is 876. The molecule has 0 radical (unpaired) electrons. The van der Waals surface area contributed by atoms with Gasteiger partial charge in [0.05, 0.1) is 6.21 Å². The van der Waals surface area contributed by atoms with E-state index in [2.05, 4.69) is 22.2 Å². The van der Waals surface area contributed by atoms with Crippen molar-refractivity contribution in [3.63, 3.8) is 0 Å². The lowest BCUT2D eigenvalue weighted by molar-refractivity contribution is 0.628. The fourth-order valence-corrected chi connectivity index (χ4v) is 3.27. The number of thioether (sulfide) groups is 1. The highest BCUT2D eigenvalue weighted by atomic mass is 35.5. The van der Waals surface area contributed by atoms with Gasteiger partial charge in [-0.25, -0.2) is 4.39 Å². The van der Waals surface area contributed by atoms with Gasteiger partial charge in [-0.05, 0) is 41.8 Å². The molecule has 3 rings (SSSR count). The lowest BCUT2D eigenvalue weighted by Gasteiger charge is -2.04. The average Bonchev–Trinajstić information content (AvgIpc) is 3.03. The monoisotopic (exact) mass is 388 g/mol. The van der Waals surface area contributed by atoms with Crippen molar-refractivity contribution in [2.24, 2.45) is 5.10 Å². The van der Waals surface area contributed by atoms with E-state index in [1.807, 2.05) is 24.3 Å². The van der Waals surface area contributed by atoms with Crippen molar-refractivity contribution in [1.29, 1.82) is 0 Å². The third kappa shape index (κ3) is 4.93. The molecule has 0 bridgehead atoms. The van der Waals surface area contributed by atoms with Gasteiger partial charge in [0.1, 0.15) is 5.82 Å². The van der Waals surface area contributed by atoms with Gasteiger partial charge in [0.15, 0.2) is 5.82 Å². The molecular weight excluding hydrogens is 371 g/mol. The molecule has 0 fully saturated rings. The van der Waals surface area contributed by atoms with Crippen LogP contribution in [0.25, 0.3) is 0 Å². The van der Waals surface area contributed by atoms with Crippen molar-refractivity contribution in [1.82, 2.24) is 14.9 Å². The number of benzene rings is 2. The number of aryl methyl sites for hydroxylation is 1. The van der Waals surface area contributed by atoms with Crippen LogP contribution in [0.1, 0.15) is 30.3 Å². The fraction of sp³-hybridized carbons (Fsp3) is 0.211. The number of aromatic nitrogens is 3. The molecule has 26 heavy (non-hydrogen) atoms. The molecule has 0 aliphatic carbocycles. The fourth-order valence-electron chi connectivity index (χ4n) is 2.28. The minimum atomic E-state index is -0.266. The zero-order chi connectivity index (χ0) is 18.4. The summed E-state index contributed by atoms with van der Waals surface area (Å²) in [5.74, 6) is 1.29. The van der Waals surface area contributed by atoms with Gasteiger partial charge in [-0.1, -0.05) is 54.6 Å². The quantitative estimate of drug-likeness (QED) is 0.413. The van der Waals surface area contributed by atoms with Gasteiger partial charge in [0.2, 0.25) is 5.16 Å². The van der Waals surface area contributed by atoms with E-state index in [4.69, 9.17) is 11.6 Å². The van der Waals surface area contributed by atoms with Crippen LogP contribution in [-0.4, -0.2) is 21.1 Å². The molecule has 7 heteroatoms. The Morgan fingerprint density at radius 1 is 1.12 bits per heavy atom. The molecule has 4 nitrogen and oxygen atoms in total. The summed E-state index contributed by atoms with van der Waals surface area (Å²) in [7, 11) is 0. The van der Waals surface area contributed by atoms with E-state index in [1.165, 1.54) is 12.1 Å². The molecule has 3 aromatic rings. The summed E-state index contributed by atoms with van der Waals surface area (Å²) in [6.45, 7) is 2.09. The van der Waals surface area contributed by atoms with Gasteiger partial charge in [0.25, 0.3) is 0 Å². The standard InChI is InChI=1S/C19H18ClFN4S/c1-2-3-18-23-24-19(26-13-15-4-8-16(20)9-5-15)25(18)22-12-14-6-10-17(21)11-7-14/h4-12H,2-3,13H2,1H3/b22-12-. The molecule has 0 amide bonds. The van der Waals surface area contributed by atoms with Crippen LogP contribution in [0.15, 0.2) is 58.8 Å². The van der Waals surface area contributed by atoms with E-state index in [0.29, 0.717) is 0 Å². The third-order valence-electron chi connectivity index (χ3n) is 3.62. The summed E-state index contributed by atoms with van der Waals surface area (Å²) in [4.78, 5) is 0. The first-order chi connectivity index (χ1) is 12.7. The first kappa shape index (κ1) is 18.6. The molecule has 1 heterocycles. The zero-order valence-electron chi connectivity index (χ0n) is 14.3. The highest BCUT2D eigenvalue weighted by Crippen LogP contribution is 2.23. The number of hydrogen-bond acceptors (Lipinski definition) is 4. The van der Waals surface area contributed by atoms with Crippen molar-refractivity contribution >= 4 is 29.6 Å². The molecule has 134 valence electrons. The largest absolute Gasteiger partial charge is 0.212 e. The number of halogens is 2. The van der Waals surface area contributed by atoms with Crippen LogP contribution in [0.4, 0.5) is 4.39 Å². The summed E-state index contributed by atoms with van der Waals surface area (Å²) in [6, 6.07) is 13.9. The average molecular weight is 389 g/mol. The third-order valence-corrected chi connectivity index (χ3v) is 4.87. The van der Waals surface area contributed by atoms with Gasteiger partial charge < -0.3 is 0 Å². The van der Waals surface area contributed by atoms with E-state index in [1.54, 1.807) is 34.8 Å². The first-order valence-electron chi connectivity index (χ1n) is 8.27. The van der Waals surface area contributed by atoms with Crippen molar-refractivity contribution in [2.75, 3.05) is 0 Å². The summed E-state index contributed by atoms with van der Waals surface area (Å²) in [5.41, 5.74) is 1.96. The Labute approximate surface area is 161 Å². The molecule has 0 aliphatic rings. The van der Waals surface area contributed by atoms with Crippen LogP contribution in [-0.2, 0) is 12.2 Å². The molecule has 0 atom stereocenters. The van der Waals surface area contributed by atoms with Gasteiger partial charge in [-0.3, -0.25) is 0 Å². The Balaban J connectivity index is 1.79. The summed E-state index contributed by atoms with van der Waals surface area (Å²) >= 11 is 7.49. The number of nitrogens with zero attached hydrogens (tertiary/aromatic N) is 4. The molecule has 2 aromatic carbocycles. The van der Waals surface area contributed by atoms with E-state index < -0.39 is 0 Å². The summed E-state index contributed by atoms with van der Waals surface area (Å²) < 4.78 is 14.8. The highest BCUT2D eigenvalue weighted by molar-refractivity contribution is 7.98. The zero-order valence-corrected chi connectivity index (χ0v) is 15.8. The predicted molar refractivity (Wildman–Crippen MR) is 104 cm³/mol. The molecule has 0 N–H and O–H groups in total. The smallest absolute Gasteiger partial charge is 0.207 e. The van der Waals surface area contributed by atoms with Gasteiger partial charge in [0, 0.05) is 17.2 Å². The second-order valence-electron chi connectivity index (χ2n) is 5.67. The van der Waals surface area contributed by atoms with E-state index >= 15 is 0 Å². The Morgan fingerprint density at radius 3 is 2.54 bits per heavy atom. The van der Waals surface area contributed by atoms with E-state index in [-0.39, 0.29) is 5.82 Å². The lowest BCUT2D eigenvalue weighted by atomic mass is 10.2. The molecular formula is C19H18ClFN4S. The molecule has 0 unspecified atom stereocenters. The molecule has 0 aliphatic heterocycles. The van der Waals surface area contributed by atoms with E-state index in [9.17, 15) is 4.39 Å². The maximum Gasteiger partial charge on any atom is 0.212 e. The van der Waals surface area contributed by atoms with Crippen LogP contribution in [0.2, 0.25) is 5.02 Å². The van der Waals surface area contributed by atoms with Crippen LogP contribution in [0.5, 0.6) is 0 Å². The highest BCUT2D eigenvalue weighted by Gasteiger charge is 2.11. The first-order valence-corrected chi connectivity index (χ1v) is 9.63. The minimum Gasteiger partial charge on any atom is -0.207 e. The SMILES string of the molecule is CCCc1nnc(SCc2ccc(Cl)cc2)n1/N=C\c1ccc(F)cc1. The maximum atomic E-state index is 13.0. The topological polar surface area (TPSA) is 43.1 Å². The summed E-state index contributed by atoms with van der Waals surface area (Å²) in [6.07, 6.45) is 3.43. The van der Waals surface area contributed by atoms with Crippen molar-refractivity contribution in [2.45, 2.75) is 30.7 Å². The van der Waals surface area contributed by atoms with Gasteiger partial charge >= 0.3 is 0 Å². The Hall–Kier alpha value is -2.18. The maximum absolute atomic E-state index is 13.0. The Morgan fingerprint density at radius 2 is 1.85 bits per heavy atom. The van der Waals surface area contributed by atoms with Crippen molar-refractivity contribution in [3.8, 4) is 0 Å². The second-order valence-corrected chi connectivity index (χ2v) is 7.05. The normalized spacial score (nSPS) is 11.3. The van der Waals surface area contributed by atoms with Crippen LogP contribution >= 0.6 is 23.4 Å². The van der Waals surface area contributed by atoms with Crippen LogP contribution in [0, 0.1) is 5.82 Å². The van der Waals surface area contributed by atoms with Crippen molar-refractivity contribution in [3.05, 3.63) is 76.3 Å². The molecule has 0 saturated carbocycles. The van der Waals surface area contributed by atoms with Gasteiger partial charge in [-0.15, -0.1) is 10.2 Å². The second kappa shape index (κ2) is 8.96. The van der Waals surface area contributed by atoms with Crippen LogP contribution < -0.4 is 0 Å². The molecule has 0 spiro atoms. The molecule has 0 saturated heterocycles. The van der Waals surface area contributed by atoms with Crippen molar-refractivity contribution < 1.29 is 4.39 Å². The van der Waals surface area contributed by atoms with Crippen LogP contribution in [0.3, 0.4) is 0 Å². The van der Waals surface area contributed by atoms with Gasteiger partial charge in [-0.2, -0.15) is 9.78 Å². The number of rotatable bonds is 7. The summed E-state index contributed by atoms with van der Waals surface area (Å²) in [5, 5.41) is 14.5. The molecule has 1 aromatic heterocycles. The minimum absolute atomic E-state index is 0.266. The lowest BCUT2D eigenvalue weighted by Crippen LogP contribution is -2.00. The predicted octanol–water partition coefficient (Wildman–Crippen LogP) is 5.20.